The van der Waals surface area contributed by atoms with Gasteiger partial charge in [-0.25, -0.2) is 0 Å². The summed E-state index contributed by atoms with van der Waals surface area (Å²) in [5, 5.41) is 2.83. The maximum atomic E-state index is 11.0. The Bertz CT molecular complexity index is 140. The molecular weight excluding hydrogens is 234 g/mol. The molecular formula is C9H18BrNO2. The summed E-state index contributed by atoms with van der Waals surface area (Å²) in [7, 11) is 1.70. The number of amides is 1. The zero-order valence-electron chi connectivity index (χ0n) is 8.31. The predicted octanol–water partition coefficient (Wildman–Crippen LogP) is 1.70. The largest absolute Gasteiger partial charge is 0.385 e. The minimum absolute atomic E-state index is 0.0618. The monoisotopic (exact) mass is 251 g/mol. The maximum absolute atomic E-state index is 11.0. The number of hydrogen-bond acceptors (Lipinski definition) is 2. The Morgan fingerprint density at radius 2 is 2.15 bits per heavy atom. The maximum Gasteiger partial charge on any atom is 0.233 e. The number of unbranched alkanes of at least 4 members (excludes halogenated alkanes) is 2. The number of methoxy groups -OCH3 is 1. The number of alkyl halides is 1. The fourth-order valence-corrected chi connectivity index (χ4v) is 1.06. The summed E-state index contributed by atoms with van der Waals surface area (Å²) in [6, 6.07) is 0. The van der Waals surface area contributed by atoms with Gasteiger partial charge in [0.1, 0.15) is 0 Å². The van der Waals surface area contributed by atoms with Gasteiger partial charge in [-0.05, 0) is 26.2 Å². The van der Waals surface area contributed by atoms with Crippen molar-refractivity contribution in [1.29, 1.82) is 0 Å². The second-order valence-corrected chi connectivity index (χ2v) is 4.33. The number of rotatable bonds is 7. The van der Waals surface area contributed by atoms with Crippen LogP contribution in [0.2, 0.25) is 0 Å². The number of halogens is 1. The Morgan fingerprint density at radius 3 is 2.69 bits per heavy atom. The molecule has 0 saturated heterocycles. The first kappa shape index (κ1) is 12.9. The first-order valence-corrected chi connectivity index (χ1v) is 5.50. The number of ether oxygens (including phenoxy) is 1. The third kappa shape index (κ3) is 8.25. The molecule has 78 valence electrons. The van der Waals surface area contributed by atoms with Crippen LogP contribution in [0.25, 0.3) is 0 Å². The lowest BCUT2D eigenvalue weighted by Gasteiger charge is -2.05. The molecule has 0 heterocycles. The van der Waals surface area contributed by atoms with Crippen LogP contribution in [0.4, 0.5) is 0 Å². The van der Waals surface area contributed by atoms with E-state index in [0.29, 0.717) is 0 Å². The van der Waals surface area contributed by atoms with Crippen LogP contribution in [-0.4, -0.2) is 31.0 Å². The molecule has 0 fully saturated rings. The van der Waals surface area contributed by atoms with E-state index in [1.54, 1.807) is 7.11 Å². The molecule has 0 rings (SSSR count). The van der Waals surface area contributed by atoms with E-state index in [2.05, 4.69) is 21.2 Å². The van der Waals surface area contributed by atoms with Crippen LogP contribution in [0.1, 0.15) is 26.2 Å². The average molecular weight is 252 g/mol. The van der Waals surface area contributed by atoms with Crippen molar-refractivity contribution in [3.63, 3.8) is 0 Å². The van der Waals surface area contributed by atoms with E-state index >= 15 is 0 Å². The average Bonchev–Trinajstić information content (AvgIpc) is 2.10. The van der Waals surface area contributed by atoms with Crippen LogP contribution in [0.5, 0.6) is 0 Å². The molecule has 0 aromatic heterocycles. The lowest BCUT2D eigenvalue weighted by atomic mass is 10.2. The van der Waals surface area contributed by atoms with Crippen LogP contribution in [0.15, 0.2) is 0 Å². The van der Waals surface area contributed by atoms with Gasteiger partial charge in [0.25, 0.3) is 0 Å². The topological polar surface area (TPSA) is 38.3 Å². The van der Waals surface area contributed by atoms with E-state index < -0.39 is 0 Å². The van der Waals surface area contributed by atoms with E-state index in [1.807, 2.05) is 6.92 Å². The molecule has 0 saturated carbocycles. The van der Waals surface area contributed by atoms with Gasteiger partial charge in [-0.3, -0.25) is 4.79 Å². The van der Waals surface area contributed by atoms with Gasteiger partial charge < -0.3 is 10.1 Å². The first-order chi connectivity index (χ1) is 6.18. The van der Waals surface area contributed by atoms with Crippen LogP contribution < -0.4 is 5.32 Å². The molecule has 0 bridgehead atoms. The molecule has 1 unspecified atom stereocenters. The number of carbonyl (C=O) groups excluding carboxylic acids is 1. The van der Waals surface area contributed by atoms with Gasteiger partial charge in [-0.15, -0.1) is 0 Å². The third-order valence-corrected chi connectivity index (χ3v) is 2.10. The predicted molar refractivity (Wildman–Crippen MR) is 57.1 cm³/mol. The van der Waals surface area contributed by atoms with Crippen molar-refractivity contribution >= 4 is 21.8 Å². The first-order valence-electron chi connectivity index (χ1n) is 4.59. The van der Waals surface area contributed by atoms with Gasteiger partial charge in [0, 0.05) is 20.3 Å². The third-order valence-electron chi connectivity index (χ3n) is 1.69. The quantitative estimate of drug-likeness (QED) is 0.553. The molecule has 0 radical (unpaired) electrons. The molecule has 0 aromatic carbocycles. The fraction of sp³-hybridized carbons (Fsp3) is 0.889. The van der Waals surface area contributed by atoms with Crippen molar-refractivity contribution < 1.29 is 9.53 Å². The number of nitrogens with one attached hydrogen (secondary N) is 1. The zero-order chi connectivity index (χ0) is 10.1. The number of hydrogen-bond donors (Lipinski definition) is 1. The molecule has 0 aliphatic carbocycles. The normalized spacial score (nSPS) is 12.5. The molecule has 1 atom stereocenters. The van der Waals surface area contributed by atoms with Crippen LogP contribution >= 0.6 is 15.9 Å². The molecule has 0 aromatic rings. The molecule has 0 aliphatic rings. The van der Waals surface area contributed by atoms with Gasteiger partial charge in [0.2, 0.25) is 5.91 Å². The molecule has 13 heavy (non-hydrogen) atoms. The second kappa shape index (κ2) is 8.51. The van der Waals surface area contributed by atoms with E-state index in [9.17, 15) is 4.79 Å². The Kier molecular flexibility index (Phi) is 8.45. The van der Waals surface area contributed by atoms with Crippen molar-refractivity contribution in [3.8, 4) is 0 Å². The summed E-state index contributed by atoms with van der Waals surface area (Å²) in [6.07, 6.45) is 3.19. The summed E-state index contributed by atoms with van der Waals surface area (Å²) in [5.74, 6) is 0.0618. The van der Waals surface area contributed by atoms with Crippen molar-refractivity contribution in [3.05, 3.63) is 0 Å². The van der Waals surface area contributed by atoms with Gasteiger partial charge in [-0.2, -0.15) is 0 Å². The molecule has 3 nitrogen and oxygen atoms in total. The highest BCUT2D eigenvalue weighted by atomic mass is 79.9. The smallest absolute Gasteiger partial charge is 0.233 e. The Hall–Kier alpha value is -0.0900. The molecule has 0 aliphatic heterocycles. The molecule has 1 amide bonds. The Morgan fingerprint density at radius 1 is 1.46 bits per heavy atom. The van der Waals surface area contributed by atoms with Crippen LogP contribution in [0, 0.1) is 0 Å². The Balaban J connectivity index is 3.12. The fourth-order valence-electron chi connectivity index (χ4n) is 0.900. The van der Waals surface area contributed by atoms with Crippen LogP contribution in [-0.2, 0) is 9.53 Å². The summed E-state index contributed by atoms with van der Waals surface area (Å²) in [6.45, 7) is 3.39. The molecule has 1 N–H and O–H groups in total. The van der Waals surface area contributed by atoms with Gasteiger partial charge in [0.15, 0.2) is 0 Å². The van der Waals surface area contributed by atoms with Gasteiger partial charge in [-0.1, -0.05) is 15.9 Å². The Labute approximate surface area is 88.4 Å². The highest BCUT2D eigenvalue weighted by Crippen LogP contribution is 1.97. The van der Waals surface area contributed by atoms with Crippen molar-refractivity contribution in [2.45, 2.75) is 31.0 Å². The van der Waals surface area contributed by atoms with Crippen molar-refractivity contribution in [2.75, 3.05) is 20.3 Å². The summed E-state index contributed by atoms with van der Waals surface area (Å²) in [5.41, 5.74) is 0. The summed E-state index contributed by atoms with van der Waals surface area (Å²) < 4.78 is 4.91. The van der Waals surface area contributed by atoms with Gasteiger partial charge in [0.05, 0.1) is 4.83 Å². The SMILES string of the molecule is COCCCCCNC(=O)C(C)Br. The van der Waals surface area contributed by atoms with Crippen LogP contribution in [0.3, 0.4) is 0 Å². The van der Waals surface area contributed by atoms with E-state index in [1.165, 1.54) is 0 Å². The highest BCUT2D eigenvalue weighted by Gasteiger charge is 2.05. The van der Waals surface area contributed by atoms with E-state index in [4.69, 9.17) is 4.74 Å². The number of carbonyl (C=O) groups is 1. The minimum Gasteiger partial charge on any atom is -0.385 e. The van der Waals surface area contributed by atoms with Crippen molar-refractivity contribution in [1.82, 2.24) is 5.32 Å². The van der Waals surface area contributed by atoms with Gasteiger partial charge >= 0.3 is 0 Å². The molecule has 4 heteroatoms. The zero-order valence-corrected chi connectivity index (χ0v) is 9.89. The summed E-state index contributed by atoms with van der Waals surface area (Å²) in [4.78, 5) is 11.0. The highest BCUT2D eigenvalue weighted by molar-refractivity contribution is 9.10. The lowest BCUT2D eigenvalue weighted by molar-refractivity contribution is -0.120. The summed E-state index contributed by atoms with van der Waals surface area (Å²) >= 11 is 3.20. The minimum atomic E-state index is -0.0912. The second-order valence-electron chi connectivity index (χ2n) is 2.96. The van der Waals surface area contributed by atoms with E-state index in [0.717, 1.165) is 32.4 Å². The molecule has 0 spiro atoms. The lowest BCUT2D eigenvalue weighted by Crippen LogP contribution is -2.30. The van der Waals surface area contributed by atoms with Crippen molar-refractivity contribution in [2.24, 2.45) is 0 Å². The van der Waals surface area contributed by atoms with E-state index in [-0.39, 0.29) is 10.7 Å². The standard InChI is InChI=1S/C9H18BrNO2/c1-8(10)9(12)11-6-4-3-5-7-13-2/h8H,3-7H2,1-2H3,(H,11,12).